The van der Waals surface area contributed by atoms with Gasteiger partial charge in [-0.1, -0.05) is 30.3 Å². The maximum absolute atomic E-state index is 10.7. The van der Waals surface area contributed by atoms with Crippen molar-refractivity contribution in [3.63, 3.8) is 0 Å². The normalized spacial score (nSPS) is 30.7. The van der Waals surface area contributed by atoms with Crippen LogP contribution in [0, 0.1) is 5.92 Å². The highest BCUT2D eigenvalue weighted by atomic mass is 16.3. The highest BCUT2D eigenvalue weighted by molar-refractivity contribution is 5.24. The lowest BCUT2D eigenvalue weighted by Crippen LogP contribution is -2.35. The zero-order valence-corrected chi connectivity index (χ0v) is 9.24. The molecule has 1 fully saturated rings. The molecule has 2 atom stereocenters. The summed E-state index contributed by atoms with van der Waals surface area (Å²) in [7, 11) is 1.95. The molecule has 1 saturated carbocycles. The van der Waals surface area contributed by atoms with E-state index in [1.807, 2.05) is 37.4 Å². The second kappa shape index (κ2) is 4.33. The molecule has 0 radical (unpaired) electrons. The third-order valence-electron chi connectivity index (χ3n) is 3.51. The van der Waals surface area contributed by atoms with Crippen molar-refractivity contribution in [1.82, 2.24) is 5.32 Å². The third-order valence-corrected chi connectivity index (χ3v) is 3.51. The van der Waals surface area contributed by atoms with Crippen LogP contribution in [0.25, 0.3) is 0 Å². The molecule has 82 valence electrons. The Balaban J connectivity index is 2.25. The van der Waals surface area contributed by atoms with E-state index < -0.39 is 5.60 Å². The lowest BCUT2D eigenvalue weighted by Gasteiger charge is -2.30. The maximum atomic E-state index is 10.7. The number of hydrogen-bond acceptors (Lipinski definition) is 2. The van der Waals surface area contributed by atoms with Crippen LogP contribution in [0.15, 0.2) is 30.3 Å². The first kappa shape index (κ1) is 10.7. The highest BCUT2D eigenvalue weighted by Crippen LogP contribution is 2.42. The molecule has 0 aliphatic heterocycles. The molecule has 0 saturated heterocycles. The molecule has 2 heteroatoms. The highest BCUT2D eigenvalue weighted by Gasteiger charge is 2.41. The molecule has 15 heavy (non-hydrogen) atoms. The fourth-order valence-electron chi connectivity index (χ4n) is 2.68. The van der Waals surface area contributed by atoms with E-state index in [0.717, 1.165) is 31.4 Å². The lowest BCUT2D eigenvalue weighted by atomic mass is 9.84. The first-order chi connectivity index (χ1) is 7.27. The predicted octanol–water partition coefficient (Wildman–Crippen LogP) is 1.89. The second-order valence-corrected chi connectivity index (χ2v) is 4.44. The predicted molar refractivity (Wildman–Crippen MR) is 61.6 cm³/mol. The maximum Gasteiger partial charge on any atom is 0.0936 e. The van der Waals surface area contributed by atoms with E-state index in [-0.39, 0.29) is 0 Å². The van der Waals surface area contributed by atoms with Crippen molar-refractivity contribution in [1.29, 1.82) is 0 Å². The SMILES string of the molecule is CNCC1CCCC1(O)c1ccccc1. The van der Waals surface area contributed by atoms with Crippen LogP contribution in [-0.4, -0.2) is 18.7 Å². The van der Waals surface area contributed by atoms with Gasteiger partial charge in [-0.3, -0.25) is 0 Å². The van der Waals surface area contributed by atoms with Crippen LogP contribution in [0.4, 0.5) is 0 Å². The summed E-state index contributed by atoms with van der Waals surface area (Å²) in [5.41, 5.74) is 0.465. The molecular formula is C13H19NO. The Bertz CT molecular complexity index is 312. The van der Waals surface area contributed by atoms with Crippen molar-refractivity contribution in [2.75, 3.05) is 13.6 Å². The standard InChI is InChI=1S/C13H19NO/c1-14-10-12-8-5-9-13(12,15)11-6-3-2-4-7-11/h2-4,6-7,12,14-15H,5,8-10H2,1H3. The average Bonchev–Trinajstić information content (AvgIpc) is 2.64. The number of hydrogen-bond donors (Lipinski definition) is 2. The van der Waals surface area contributed by atoms with Gasteiger partial charge in [0, 0.05) is 12.5 Å². The van der Waals surface area contributed by atoms with Gasteiger partial charge in [0.25, 0.3) is 0 Å². The van der Waals surface area contributed by atoms with E-state index in [1.54, 1.807) is 0 Å². The molecule has 0 bridgehead atoms. The monoisotopic (exact) mass is 205 g/mol. The van der Waals surface area contributed by atoms with E-state index in [9.17, 15) is 5.11 Å². The van der Waals surface area contributed by atoms with Crippen LogP contribution in [0.2, 0.25) is 0 Å². The van der Waals surface area contributed by atoms with Gasteiger partial charge < -0.3 is 10.4 Å². The molecule has 2 nitrogen and oxygen atoms in total. The van der Waals surface area contributed by atoms with Gasteiger partial charge in [-0.2, -0.15) is 0 Å². The minimum Gasteiger partial charge on any atom is -0.385 e. The van der Waals surface area contributed by atoms with Gasteiger partial charge in [-0.25, -0.2) is 0 Å². The largest absolute Gasteiger partial charge is 0.385 e. The van der Waals surface area contributed by atoms with Gasteiger partial charge in [-0.05, 0) is 31.9 Å². The zero-order chi connectivity index (χ0) is 10.7. The first-order valence-corrected chi connectivity index (χ1v) is 5.70. The van der Waals surface area contributed by atoms with Crippen molar-refractivity contribution in [2.45, 2.75) is 24.9 Å². The summed E-state index contributed by atoms with van der Waals surface area (Å²) in [5, 5.41) is 13.9. The molecule has 1 aromatic carbocycles. The van der Waals surface area contributed by atoms with E-state index in [2.05, 4.69) is 5.32 Å². The van der Waals surface area contributed by atoms with Crippen LogP contribution in [-0.2, 0) is 5.60 Å². The summed E-state index contributed by atoms with van der Waals surface area (Å²) in [6.45, 7) is 0.894. The van der Waals surface area contributed by atoms with Crippen LogP contribution >= 0.6 is 0 Å². The average molecular weight is 205 g/mol. The number of aliphatic hydroxyl groups is 1. The Kier molecular flexibility index (Phi) is 3.08. The summed E-state index contributed by atoms with van der Waals surface area (Å²) in [4.78, 5) is 0. The van der Waals surface area contributed by atoms with Crippen molar-refractivity contribution < 1.29 is 5.11 Å². The van der Waals surface area contributed by atoms with Crippen LogP contribution in [0.1, 0.15) is 24.8 Å². The number of rotatable bonds is 3. The Labute approximate surface area is 91.3 Å². The molecule has 2 rings (SSSR count). The van der Waals surface area contributed by atoms with Gasteiger partial charge in [0.1, 0.15) is 0 Å². The summed E-state index contributed by atoms with van der Waals surface area (Å²) in [6.07, 6.45) is 3.13. The number of benzene rings is 1. The van der Waals surface area contributed by atoms with Gasteiger partial charge in [0.15, 0.2) is 0 Å². The van der Waals surface area contributed by atoms with Crippen molar-refractivity contribution in [3.05, 3.63) is 35.9 Å². The molecule has 1 aliphatic rings. The van der Waals surface area contributed by atoms with E-state index in [0.29, 0.717) is 5.92 Å². The van der Waals surface area contributed by atoms with E-state index in [1.165, 1.54) is 0 Å². The number of nitrogens with one attached hydrogen (secondary N) is 1. The van der Waals surface area contributed by atoms with Gasteiger partial charge in [0.05, 0.1) is 5.60 Å². The molecule has 1 aliphatic carbocycles. The van der Waals surface area contributed by atoms with Crippen LogP contribution in [0.3, 0.4) is 0 Å². The summed E-state index contributed by atoms with van der Waals surface area (Å²) in [6, 6.07) is 10.1. The van der Waals surface area contributed by atoms with E-state index >= 15 is 0 Å². The fourth-order valence-corrected chi connectivity index (χ4v) is 2.68. The second-order valence-electron chi connectivity index (χ2n) is 4.44. The molecule has 0 spiro atoms. The molecule has 0 aromatic heterocycles. The van der Waals surface area contributed by atoms with Crippen molar-refractivity contribution in [2.24, 2.45) is 5.92 Å². The first-order valence-electron chi connectivity index (χ1n) is 5.70. The fraction of sp³-hybridized carbons (Fsp3) is 0.538. The lowest BCUT2D eigenvalue weighted by molar-refractivity contribution is -0.00148. The van der Waals surface area contributed by atoms with Crippen LogP contribution < -0.4 is 5.32 Å². The van der Waals surface area contributed by atoms with Gasteiger partial charge in [0.2, 0.25) is 0 Å². The van der Waals surface area contributed by atoms with Crippen LogP contribution in [0.5, 0.6) is 0 Å². The summed E-state index contributed by atoms with van der Waals surface area (Å²) in [5.74, 6) is 0.352. The Morgan fingerprint density at radius 1 is 1.40 bits per heavy atom. The molecule has 0 amide bonds. The third kappa shape index (κ3) is 1.92. The molecular weight excluding hydrogens is 186 g/mol. The Morgan fingerprint density at radius 2 is 2.13 bits per heavy atom. The summed E-state index contributed by atoms with van der Waals surface area (Å²) >= 11 is 0. The molecule has 1 aromatic rings. The topological polar surface area (TPSA) is 32.3 Å². The van der Waals surface area contributed by atoms with Gasteiger partial charge >= 0.3 is 0 Å². The minimum atomic E-state index is -0.607. The molecule has 0 heterocycles. The van der Waals surface area contributed by atoms with Crippen molar-refractivity contribution in [3.8, 4) is 0 Å². The Morgan fingerprint density at radius 3 is 2.80 bits per heavy atom. The Hall–Kier alpha value is -0.860. The smallest absolute Gasteiger partial charge is 0.0936 e. The van der Waals surface area contributed by atoms with Crippen molar-refractivity contribution >= 4 is 0 Å². The quantitative estimate of drug-likeness (QED) is 0.790. The molecule has 2 unspecified atom stereocenters. The summed E-state index contributed by atoms with van der Waals surface area (Å²) < 4.78 is 0. The van der Waals surface area contributed by atoms with E-state index in [4.69, 9.17) is 0 Å². The molecule has 2 N–H and O–H groups in total. The zero-order valence-electron chi connectivity index (χ0n) is 9.24. The van der Waals surface area contributed by atoms with Gasteiger partial charge in [-0.15, -0.1) is 0 Å². The minimum absolute atomic E-state index is 0.352.